The van der Waals surface area contributed by atoms with Gasteiger partial charge in [-0.2, -0.15) is 11.3 Å². The minimum Gasteiger partial charge on any atom is -0.262 e. The van der Waals surface area contributed by atoms with E-state index in [0.29, 0.717) is 5.56 Å². The number of hydrogen-bond acceptors (Lipinski definition) is 3. The number of benzene rings is 1. The first-order chi connectivity index (χ1) is 9.47. The Bertz CT molecular complexity index is 780. The van der Waals surface area contributed by atoms with Gasteiger partial charge in [-0.15, -0.1) is 0 Å². The van der Waals surface area contributed by atoms with Gasteiger partial charge in [0.2, 0.25) is 10.0 Å². The molecule has 20 heavy (non-hydrogen) atoms. The van der Waals surface area contributed by atoms with E-state index in [4.69, 9.17) is 0 Å². The summed E-state index contributed by atoms with van der Waals surface area (Å²) in [4.78, 5) is 0. The SMILES string of the molecule is CS(=O)(=O)N1CC(c2ccsc2)=Cc2cccc(F)c21. The largest absolute Gasteiger partial charge is 0.262 e. The molecule has 0 saturated heterocycles. The molecule has 0 atom stereocenters. The predicted octanol–water partition coefficient (Wildman–Crippen LogP) is 3.21. The molecule has 3 nitrogen and oxygen atoms in total. The topological polar surface area (TPSA) is 37.4 Å². The van der Waals surface area contributed by atoms with Crippen LogP contribution in [0.1, 0.15) is 11.1 Å². The van der Waals surface area contributed by atoms with Gasteiger partial charge in [-0.3, -0.25) is 4.31 Å². The van der Waals surface area contributed by atoms with Crippen LogP contribution >= 0.6 is 11.3 Å². The Balaban J connectivity index is 2.21. The van der Waals surface area contributed by atoms with Gasteiger partial charge in [-0.25, -0.2) is 12.8 Å². The number of anilines is 1. The van der Waals surface area contributed by atoms with Gasteiger partial charge in [0.1, 0.15) is 5.82 Å². The quantitative estimate of drug-likeness (QED) is 0.854. The second kappa shape index (κ2) is 4.71. The fourth-order valence-corrected chi connectivity index (χ4v) is 3.86. The fraction of sp³-hybridized carbons (Fsp3) is 0.143. The molecule has 1 aromatic carbocycles. The van der Waals surface area contributed by atoms with Crippen molar-refractivity contribution in [3.8, 4) is 0 Å². The summed E-state index contributed by atoms with van der Waals surface area (Å²) in [6, 6.07) is 6.52. The third kappa shape index (κ3) is 2.25. The van der Waals surface area contributed by atoms with Crippen LogP contribution in [0.4, 0.5) is 10.1 Å². The van der Waals surface area contributed by atoms with Gasteiger partial charge in [0.15, 0.2) is 0 Å². The van der Waals surface area contributed by atoms with E-state index in [1.807, 2.05) is 22.9 Å². The standard InChI is InChI=1S/C14H12FNO2S2/c1-20(17,18)16-8-12(11-5-6-19-9-11)7-10-3-2-4-13(15)14(10)16/h2-7,9H,8H2,1H3. The van der Waals surface area contributed by atoms with E-state index >= 15 is 0 Å². The van der Waals surface area contributed by atoms with Gasteiger partial charge >= 0.3 is 0 Å². The molecule has 0 aliphatic carbocycles. The van der Waals surface area contributed by atoms with Gasteiger partial charge < -0.3 is 0 Å². The highest BCUT2D eigenvalue weighted by atomic mass is 32.2. The first-order valence-electron chi connectivity index (χ1n) is 5.96. The van der Waals surface area contributed by atoms with Crippen molar-refractivity contribution < 1.29 is 12.8 Å². The van der Waals surface area contributed by atoms with E-state index in [1.165, 1.54) is 6.07 Å². The first-order valence-corrected chi connectivity index (χ1v) is 8.75. The van der Waals surface area contributed by atoms with Gasteiger partial charge in [0, 0.05) is 5.56 Å². The molecule has 0 bridgehead atoms. The zero-order valence-corrected chi connectivity index (χ0v) is 12.3. The Morgan fingerprint density at radius 1 is 1.30 bits per heavy atom. The molecule has 0 spiro atoms. The maximum atomic E-state index is 14.0. The van der Waals surface area contributed by atoms with E-state index in [1.54, 1.807) is 23.5 Å². The van der Waals surface area contributed by atoms with Gasteiger partial charge in [0.05, 0.1) is 18.5 Å². The van der Waals surface area contributed by atoms with E-state index < -0.39 is 15.8 Å². The van der Waals surface area contributed by atoms with Crippen LogP contribution in [0.25, 0.3) is 11.6 Å². The number of rotatable bonds is 2. The average molecular weight is 309 g/mol. The highest BCUT2D eigenvalue weighted by Crippen LogP contribution is 2.36. The Morgan fingerprint density at radius 3 is 2.75 bits per heavy atom. The zero-order chi connectivity index (χ0) is 14.3. The van der Waals surface area contributed by atoms with Crippen LogP contribution in [0.2, 0.25) is 0 Å². The van der Waals surface area contributed by atoms with Crippen molar-refractivity contribution in [1.29, 1.82) is 0 Å². The first kappa shape index (κ1) is 13.3. The van der Waals surface area contributed by atoms with Crippen molar-refractivity contribution in [2.45, 2.75) is 0 Å². The van der Waals surface area contributed by atoms with E-state index in [0.717, 1.165) is 21.7 Å². The number of sulfonamides is 1. The van der Waals surface area contributed by atoms with E-state index in [2.05, 4.69) is 0 Å². The summed E-state index contributed by atoms with van der Waals surface area (Å²) in [6.07, 6.45) is 2.95. The Morgan fingerprint density at radius 2 is 2.10 bits per heavy atom. The van der Waals surface area contributed by atoms with Crippen molar-refractivity contribution in [3.63, 3.8) is 0 Å². The van der Waals surface area contributed by atoms with Crippen molar-refractivity contribution in [3.05, 3.63) is 52.0 Å². The third-order valence-corrected chi connectivity index (χ3v) is 5.00. The Labute approximate surface area is 121 Å². The summed E-state index contributed by atoms with van der Waals surface area (Å²) in [5.74, 6) is -0.520. The minimum atomic E-state index is -3.53. The molecule has 0 N–H and O–H groups in total. The van der Waals surface area contributed by atoms with Gasteiger partial charge in [-0.1, -0.05) is 12.1 Å². The Kier molecular flexibility index (Phi) is 3.14. The van der Waals surface area contributed by atoms with Crippen molar-refractivity contribution >= 4 is 38.7 Å². The lowest BCUT2D eigenvalue weighted by Crippen LogP contribution is -2.34. The molecular formula is C14H12FNO2S2. The maximum Gasteiger partial charge on any atom is 0.232 e. The van der Waals surface area contributed by atoms with Crippen LogP contribution in [0.5, 0.6) is 0 Å². The van der Waals surface area contributed by atoms with E-state index in [9.17, 15) is 12.8 Å². The predicted molar refractivity (Wildman–Crippen MR) is 80.8 cm³/mol. The molecule has 0 unspecified atom stereocenters. The monoisotopic (exact) mass is 309 g/mol. The molecule has 2 heterocycles. The summed E-state index contributed by atoms with van der Waals surface area (Å²) in [5, 5.41) is 3.89. The van der Waals surface area contributed by atoms with Crippen molar-refractivity contribution in [1.82, 2.24) is 0 Å². The lowest BCUT2D eigenvalue weighted by atomic mass is 10.0. The molecule has 3 rings (SSSR count). The number of nitrogens with zero attached hydrogens (tertiary/aromatic N) is 1. The number of halogens is 1. The number of thiophene rings is 1. The number of fused-ring (bicyclic) bond motifs is 1. The summed E-state index contributed by atoms with van der Waals surface area (Å²) < 4.78 is 39.0. The van der Waals surface area contributed by atoms with Crippen LogP contribution in [-0.4, -0.2) is 21.2 Å². The third-order valence-electron chi connectivity index (χ3n) is 3.20. The molecule has 0 amide bonds. The zero-order valence-electron chi connectivity index (χ0n) is 10.7. The second-order valence-corrected chi connectivity index (χ2v) is 7.32. The molecule has 6 heteroatoms. The maximum absolute atomic E-state index is 14.0. The number of para-hydroxylation sites is 1. The summed E-state index contributed by atoms with van der Waals surface area (Å²) in [5.41, 5.74) is 2.56. The van der Waals surface area contributed by atoms with Crippen molar-refractivity contribution in [2.75, 3.05) is 17.1 Å². The minimum absolute atomic E-state index is 0.133. The Hall–Kier alpha value is -1.66. The summed E-state index contributed by atoms with van der Waals surface area (Å²) >= 11 is 1.54. The van der Waals surface area contributed by atoms with Crippen molar-refractivity contribution in [2.24, 2.45) is 0 Å². The lowest BCUT2D eigenvalue weighted by Gasteiger charge is -2.29. The summed E-state index contributed by atoms with van der Waals surface area (Å²) in [6.45, 7) is 0.156. The molecule has 0 radical (unpaired) electrons. The molecule has 0 fully saturated rings. The highest BCUT2D eigenvalue weighted by molar-refractivity contribution is 7.92. The molecule has 1 aliphatic heterocycles. The van der Waals surface area contributed by atoms with E-state index in [-0.39, 0.29) is 12.2 Å². The van der Waals surface area contributed by atoms with Crippen LogP contribution in [0.3, 0.4) is 0 Å². The molecule has 1 aromatic heterocycles. The normalized spacial score (nSPS) is 14.9. The fourth-order valence-electron chi connectivity index (χ4n) is 2.28. The van der Waals surface area contributed by atoms with Crippen LogP contribution in [0, 0.1) is 5.82 Å². The molecule has 0 saturated carbocycles. The molecular weight excluding hydrogens is 297 g/mol. The second-order valence-electron chi connectivity index (χ2n) is 4.63. The van der Waals surface area contributed by atoms with Crippen LogP contribution in [0.15, 0.2) is 35.0 Å². The van der Waals surface area contributed by atoms with Gasteiger partial charge in [0.25, 0.3) is 0 Å². The smallest absolute Gasteiger partial charge is 0.232 e. The highest BCUT2D eigenvalue weighted by Gasteiger charge is 2.28. The van der Waals surface area contributed by atoms with Crippen LogP contribution in [-0.2, 0) is 10.0 Å². The molecule has 104 valence electrons. The van der Waals surface area contributed by atoms with Crippen LogP contribution < -0.4 is 4.31 Å². The average Bonchev–Trinajstić information content (AvgIpc) is 2.90. The molecule has 1 aliphatic rings. The number of hydrogen-bond donors (Lipinski definition) is 0. The van der Waals surface area contributed by atoms with Gasteiger partial charge in [-0.05, 0) is 40.1 Å². The summed E-state index contributed by atoms with van der Waals surface area (Å²) in [7, 11) is -3.53. The lowest BCUT2D eigenvalue weighted by molar-refractivity contribution is 0.593. The molecule has 2 aromatic rings.